The molecule has 0 fully saturated rings. The van der Waals surface area contributed by atoms with Crippen molar-refractivity contribution in [1.82, 2.24) is 5.32 Å². The molecule has 1 heterocycles. The Morgan fingerprint density at radius 2 is 2.17 bits per heavy atom. The fourth-order valence-corrected chi connectivity index (χ4v) is 2.96. The first-order valence-corrected chi connectivity index (χ1v) is 7.58. The van der Waals surface area contributed by atoms with Crippen LogP contribution in [0.4, 0.5) is 5.69 Å². The third kappa shape index (κ3) is 3.12. The number of hydrogen-bond acceptors (Lipinski definition) is 7. The summed E-state index contributed by atoms with van der Waals surface area (Å²) in [7, 11) is 0. The van der Waals surface area contributed by atoms with Crippen LogP contribution in [-0.2, 0) is 9.53 Å². The number of nitro groups is 1. The molecule has 0 spiro atoms. The minimum atomic E-state index is -0.913. The number of benzene rings is 1. The first-order valence-electron chi connectivity index (χ1n) is 7.13. The molecule has 24 heavy (non-hydrogen) atoms. The Hall–Kier alpha value is -2.79. The highest BCUT2D eigenvalue weighted by Gasteiger charge is 2.37. The first-order chi connectivity index (χ1) is 11.4. The second-order valence-electron chi connectivity index (χ2n) is 5.01. The largest absolute Gasteiger partial charge is 0.463 e. The highest BCUT2D eigenvalue weighted by atomic mass is 32.1. The number of nitro benzene ring substituents is 1. The van der Waals surface area contributed by atoms with Gasteiger partial charge in [0.15, 0.2) is 0 Å². The summed E-state index contributed by atoms with van der Waals surface area (Å²) in [6.45, 7) is 3.45. The Bertz CT molecular complexity index is 808. The minimum Gasteiger partial charge on any atom is -0.463 e. The third-order valence-electron chi connectivity index (χ3n) is 3.60. The number of para-hydroxylation sites is 1. The number of nitrogens with one attached hydrogen (secondary N) is 1. The molecular weight excluding hydrogens is 330 g/mol. The number of thiol groups is 1. The van der Waals surface area contributed by atoms with Gasteiger partial charge in [-0.25, -0.2) is 4.79 Å². The molecule has 1 aliphatic rings. The number of nitrogens with zero attached hydrogens (tertiary/aromatic N) is 2. The number of nitriles is 1. The van der Waals surface area contributed by atoms with Crippen LogP contribution in [0.15, 0.2) is 46.1 Å². The summed E-state index contributed by atoms with van der Waals surface area (Å²) in [5.41, 5.74) is 0.810. The lowest BCUT2D eigenvalue weighted by atomic mass is 9.82. The van der Waals surface area contributed by atoms with E-state index in [-0.39, 0.29) is 34.0 Å². The van der Waals surface area contributed by atoms with Crippen molar-refractivity contribution in [2.24, 2.45) is 0 Å². The molecule has 0 amide bonds. The number of carbonyl (C=O) groups is 1. The Kier molecular flexibility index (Phi) is 5.26. The second-order valence-corrected chi connectivity index (χ2v) is 5.45. The summed E-state index contributed by atoms with van der Waals surface area (Å²) in [5.74, 6) is -1.54. The molecule has 124 valence electrons. The zero-order valence-electron chi connectivity index (χ0n) is 13.1. The van der Waals surface area contributed by atoms with Gasteiger partial charge < -0.3 is 10.1 Å². The van der Waals surface area contributed by atoms with E-state index >= 15 is 0 Å². The van der Waals surface area contributed by atoms with Crippen LogP contribution in [0.3, 0.4) is 0 Å². The molecule has 0 aliphatic carbocycles. The van der Waals surface area contributed by atoms with Crippen molar-refractivity contribution >= 4 is 24.3 Å². The first kappa shape index (κ1) is 17.6. The van der Waals surface area contributed by atoms with Crippen molar-refractivity contribution in [3.63, 3.8) is 0 Å². The van der Waals surface area contributed by atoms with Crippen LogP contribution >= 0.6 is 12.6 Å². The van der Waals surface area contributed by atoms with Crippen LogP contribution in [0, 0.1) is 21.4 Å². The Morgan fingerprint density at radius 1 is 1.50 bits per heavy atom. The molecule has 0 saturated heterocycles. The topological polar surface area (TPSA) is 105 Å². The maximum atomic E-state index is 12.4. The molecular formula is C16H15N3O4S. The van der Waals surface area contributed by atoms with E-state index < -0.39 is 16.8 Å². The van der Waals surface area contributed by atoms with E-state index in [9.17, 15) is 20.2 Å². The van der Waals surface area contributed by atoms with Gasteiger partial charge >= 0.3 is 5.97 Å². The summed E-state index contributed by atoms with van der Waals surface area (Å²) in [6, 6.07) is 8.00. The molecule has 0 saturated carbocycles. The van der Waals surface area contributed by atoms with Crippen LogP contribution < -0.4 is 5.32 Å². The molecule has 2 rings (SSSR count). The van der Waals surface area contributed by atoms with E-state index in [1.165, 1.54) is 18.2 Å². The smallest absolute Gasteiger partial charge is 0.336 e. The monoisotopic (exact) mass is 345 g/mol. The van der Waals surface area contributed by atoms with Crippen LogP contribution in [-0.4, -0.2) is 17.5 Å². The van der Waals surface area contributed by atoms with Gasteiger partial charge in [0.25, 0.3) is 5.69 Å². The molecule has 1 atom stereocenters. The normalized spacial score (nSPS) is 17.2. The quantitative estimate of drug-likeness (QED) is 0.376. The highest BCUT2D eigenvalue weighted by Crippen LogP contribution is 2.42. The Balaban J connectivity index is 2.73. The average molecular weight is 345 g/mol. The van der Waals surface area contributed by atoms with Gasteiger partial charge in [-0.3, -0.25) is 10.1 Å². The number of dihydropyridines is 1. The van der Waals surface area contributed by atoms with Crippen LogP contribution in [0.5, 0.6) is 0 Å². The van der Waals surface area contributed by atoms with Crippen molar-refractivity contribution in [3.8, 4) is 6.07 Å². The van der Waals surface area contributed by atoms with Crippen molar-refractivity contribution < 1.29 is 14.5 Å². The number of ether oxygens (including phenoxy) is 1. The molecule has 1 aliphatic heterocycles. The van der Waals surface area contributed by atoms with E-state index in [1.807, 2.05) is 6.07 Å². The molecule has 0 aromatic heterocycles. The van der Waals surface area contributed by atoms with Crippen molar-refractivity contribution in [1.29, 1.82) is 5.26 Å². The predicted molar refractivity (Wildman–Crippen MR) is 89.9 cm³/mol. The van der Waals surface area contributed by atoms with E-state index in [0.717, 1.165) is 0 Å². The number of hydrogen-bond donors (Lipinski definition) is 2. The minimum absolute atomic E-state index is 0.126. The average Bonchev–Trinajstić information content (AvgIpc) is 2.54. The van der Waals surface area contributed by atoms with E-state index in [1.54, 1.807) is 19.9 Å². The van der Waals surface area contributed by atoms with Gasteiger partial charge in [-0.2, -0.15) is 5.26 Å². The zero-order chi connectivity index (χ0) is 17.9. The van der Waals surface area contributed by atoms with E-state index in [0.29, 0.717) is 5.70 Å². The lowest BCUT2D eigenvalue weighted by Crippen LogP contribution is -2.28. The maximum Gasteiger partial charge on any atom is 0.336 e. The van der Waals surface area contributed by atoms with E-state index in [2.05, 4.69) is 17.9 Å². The van der Waals surface area contributed by atoms with Crippen LogP contribution in [0.25, 0.3) is 0 Å². The molecule has 1 unspecified atom stereocenters. The van der Waals surface area contributed by atoms with Crippen molar-refractivity contribution in [3.05, 3.63) is 61.8 Å². The lowest BCUT2D eigenvalue weighted by molar-refractivity contribution is -0.385. The number of rotatable bonds is 4. The molecule has 1 aromatic rings. The predicted octanol–water partition coefficient (Wildman–Crippen LogP) is 2.78. The fraction of sp³-hybridized carbons (Fsp3) is 0.250. The van der Waals surface area contributed by atoms with Gasteiger partial charge in [0, 0.05) is 17.3 Å². The lowest BCUT2D eigenvalue weighted by Gasteiger charge is -2.27. The summed E-state index contributed by atoms with van der Waals surface area (Å²) >= 11 is 4.24. The number of allylic oxidation sites excluding steroid dienone is 2. The van der Waals surface area contributed by atoms with Gasteiger partial charge in [0.2, 0.25) is 0 Å². The standard InChI is InChI=1S/C16H15N3O4S/c1-3-23-16(20)13-9(2)18-15(24)11(8-17)14(13)10-6-4-5-7-12(10)19(21)22/h4-7,14,18,24H,3H2,1-2H3. The van der Waals surface area contributed by atoms with Crippen molar-refractivity contribution in [2.45, 2.75) is 19.8 Å². The van der Waals surface area contributed by atoms with Crippen LogP contribution in [0.2, 0.25) is 0 Å². The fourth-order valence-electron chi connectivity index (χ4n) is 2.62. The molecule has 1 N–H and O–H groups in total. The Labute approximate surface area is 144 Å². The molecule has 0 bridgehead atoms. The van der Waals surface area contributed by atoms with Gasteiger partial charge in [-0.05, 0) is 13.8 Å². The molecule has 0 radical (unpaired) electrons. The molecule has 8 heteroatoms. The summed E-state index contributed by atoms with van der Waals surface area (Å²) < 4.78 is 5.07. The summed E-state index contributed by atoms with van der Waals surface area (Å²) in [4.78, 5) is 23.2. The van der Waals surface area contributed by atoms with Crippen molar-refractivity contribution in [2.75, 3.05) is 6.61 Å². The van der Waals surface area contributed by atoms with Gasteiger partial charge in [0.05, 0.1) is 39.7 Å². The zero-order valence-corrected chi connectivity index (χ0v) is 14.0. The maximum absolute atomic E-state index is 12.4. The SMILES string of the molecule is CCOC(=O)C1=C(C)NC(S)=C(C#N)C1c1ccccc1[N+](=O)[O-]. The molecule has 7 nitrogen and oxygen atoms in total. The Morgan fingerprint density at radius 3 is 2.75 bits per heavy atom. The number of carbonyl (C=O) groups excluding carboxylic acids is 1. The second kappa shape index (κ2) is 7.19. The van der Waals surface area contributed by atoms with Crippen LogP contribution in [0.1, 0.15) is 25.3 Å². The van der Waals surface area contributed by atoms with Gasteiger partial charge in [0.1, 0.15) is 0 Å². The number of esters is 1. The highest BCUT2D eigenvalue weighted by molar-refractivity contribution is 7.84. The summed E-state index contributed by atoms with van der Waals surface area (Å²) in [6.07, 6.45) is 0. The van der Waals surface area contributed by atoms with Gasteiger partial charge in [-0.15, -0.1) is 12.6 Å². The van der Waals surface area contributed by atoms with Gasteiger partial charge in [-0.1, -0.05) is 18.2 Å². The van der Waals surface area contributed by atoms with E-state index in [4.69, 9.17) is 4.74 Å². The third-order valence-corrected chi connectivity index (χ3v) is 3.96. The summed E-state index contributed by atoms with van der Waals surface area (Å²) in [5, 5.41) is 24.0. The molecule has 1 aromatic carbocycles.